The molecule has 0 spiro atoms. The van der Waals surface area contributed by atoms with Crippen molar-refractivity contribution in [2.75, 3.05) is 14.2 Å². The number of aryl methyl sites for hydroxylation is 2. The van der Waals surface area contributed by atoms with Crippen molar-refractivity contribution in [3.63, 3.8) is 0 Å². The molecule has 0 bridgehead atoms. The molecule has 1 unspecified atom stereocenters. The van der Waals surface area contributed by atoms with E-state index in [-0.39, 0.29) is 6.04 Å². The summed E-state index contributed by atoms with van der Waals surface area (Å²) < 4.78 is 7.16. The van der Waals surface area contributed by atoms with Crippen LogP contribution in [0.3, 0.4) is 0 Å². The van der Waals surface area contributed by atoms with Gasteiger partial charge < -0.3 is 10.1 Å². The van der Waals surface area contributed by atoms with Gasteiger partial charge in [-0.25, -0.2) is 0 Å². The summed E-state index contributed by atoms with van der Waals surface area (Å²) in [5.74, 6) is 0.764. The molecule has 2 aromatic heterocycles. The highest BCUT2D eigenvalue weighted by molar-refractivity contribution is 5.34. The molecule has 2 rings (SSSR count). The minimum Gasteiger partial charge on any atom is -0.493 e. The van der Waals surface area contributed by atoms with Crippen molar-refractivity contribution < 1.29 is 4.74 Å². The monoisotopic (exact) mass is 246 g/mol. The predicted octanol–water partition coefficient (Wildman–Crippen LogP) is 1.44. The number of nitrogens with one attached hydrogen (secondary N) is 1. The number of aromatic nitrogens is 3. The lowest BCUT2D eigenvalue weighted by atomic mass is 10.1. The predicted molar refractivity (Wildman–Crippen MR) is 69.6 cm³/mol. The van der Waals surface area contributed by atoms with Crippen LogP contribution in [-0.4, -0.2) is 28.9 Å². The molecule has 1 atom stereocenters. The van der Waals surface area contributed by atoms with Crippen molar-refractivity contribution in [1.82, 2.24) is 20.1 Å². The van der Waals surface area contributed by atoms with E-state index in [2.05, 4.69) is 28.4 Å². The first-order valence-electron chi connectivity index (χ1n) is 5.83. The molecule has 0 saturated carbocycles. The van der Waals surface area contributed by atoms with E-state index in [0.29, 0.717) is 0 Å². The van der Waals surface area contributed by atoms with Gasteiger partial charge in [0, 0.05) is 13.2 Å². The molecule has 0 aliphatic heterocycles. The minimum atomic E-state index is -0.0349. The maximum absolute atomic E-state index is 5.35. The molecule has 0 aliphatic carbocycles. The van der Waals surface area contributed by atoms with Crippen LogP contribution in [0.25, 0.3) is 0 Å². The zero-order valence-corrected chi connectivity index (χ0v) is 11.1. The molecule has 2 aromatic rings. The fourth-order valence-corrected chi connectivity index (χ4v) is 2.06. The van der Waals surface area contributed by atoms with Crippen molar-refractivity contribution >= 4 is 0 Å². The van der Waals surface area contributed by atoms with Crippen LogP contribution >= 0.6 is 0 Å². The van der Waals surface area contributed by atoms with Gasteiger partial charge in [0.05, 0.1) is 25.0 Å². The van der Waals surface area contributed by atoms with E-state index in [4.69, 9.17) is 4.74 Å². The van der Waals surface area contributed by atoms with E-state index in [1.54, 1.807) is 13.3 Å². The second-order valence-corrected chi connectivity index (χ2v) is 4.20. The van der Waals surface area contributed by atoms with Crippen molar-refractivity contribution in [3.8, 4) is 5.75 Å². The normalized spacial score (nSPS) is 12.4. The van der Waals surface area contributed by atoms with Gasteiger partial charge in [-0.15, -0.1) is 0 Å². The standard InChI is InChI=1S/C13H18N4O/c1-9-5-6-15-10(7-9)12(14-2)13-11(18-4)8-16-17(13)3/h5-8,12,14H,1-4H3. The molecular formula is C13H18N4O. The fourth-order valence-electron chi connectivity index (χ4n) is 2.06. The molecule has 5 nitrogen and oxygen atoms in total. The summed E-state index contributed by atoms with van der Waals surface area (Å²) in [6.45, 7) is 2.05. The van der Waals surface area contributed by atoms with Crippen molar-refractivity contribution in [2.45, 2.75) is 13.0 Å². The summed E-state index contributed by atoms with van der Waals surface area (Å²) in [6.07, 6.45) is 3.54. The Hall–Kier alpha value is -1.88. The molecule has 0 aromatic carbocycles. The Bertz CT molecular complexity index is 536. The number of rotatable bonds is 4. The van der Waals surface area contributed by atoms with Gasteiger partial charge in [-0.05, 0) is 31.7 Å². The fraction of sp³-hybridized carbons (Fsp3) is 0.385. The van der Waals surface area contributed by atoms with Gasteiger partial charge in [0.25, 0.3) is 0 Å². The third-order valence-corrected chi connectivity index (χ3v) is 2.96. The number of methoxy groups -OCH3 is 1. The van der Waals surface area contributed by atoms with Gasteiger partial charge in [0.2, 0.25) is 0 Å². The highest BCUT2D eigenvalue weighted by atomic mass is 16.5. The van der Waals surface area contributed by atoms with Gasteiger partial charge in [-0.1, -0.05) is 0 Å². The van der Waals surface area contributed by atoms with E-state index in [0.717, 1.165) is 17.1 Å². The van der Waals surface area contributed by atoms with E-state index < -0.39 is 0 Å². The molecule has 96 valence electrons. The molecule has 0 fully saturated rings. The second kappa shape index (κ2) is 5.18. The van der Waals surface area contributed by atoms with Crippen LogP contribution < -0.4 is 10.1 Å². The van der Waals surface area contributed by atoms with E-state index in [1.165, 1.54) is 5.56 Å². The van der Waals surface area contributed by atoms with E-state index in [1.807, 2.05) is 31.0 Å². The lowest BCUT2D eigenvalue weighted by Gasteiger charge is -2.17. The smallest absolute Gasteiger partial charge is 0.161 e. The van der Waals surface area contributed by atoms with Crippen LogP contribution in [0.2, 0.25) is 0 Å². The number of hydrogen-bond donors (Lipinski definition) is 1. The number of ether oxygens (including phenoxy) is 1. The largest absolute Gasteiger partial charge is 0.493 e. The first-order chi connectivity index (χ1) is 8.67. The number of hydrogen-bond acceptors (Lipinski definition) is 4. The molecule has 0 saturated heterocycles. The van der Waals surface area contributed by atoms with E-state index in [9.17, 15) is 0 Å². The summed E-state index contributed by atoms with van der Waals surface area (Å²) in [5.41, 5.74) is 3.11. The second-order valence-electron chi connectivity index (χ2n) is 4.20. The van der Waals surface area contributed by atoms with Crippen molar-refractivity contribution in [3.05, 3.63) is 41.5 Å². The highest BCUT2D eigenvalue weighted by Crippen LogP contribution is 2.28. The summed E-state index contributed by atoms with van der Waals surface area (Å²) >= 11 is 0. The summed E-state index contributed by atoms with van der Waals surface area (Å²) in [4.78, 5) is 4.42. The topological polar surface area (TPSA) is 52.0 Å². The van der Waals surface area contributed by atoms with E-state index >= 15 is 0 Å². The molecule has 0 aliphatic rings. The Labute approximate surface area is 107 Å². The third kappa shape index (κ3) is 2.22. The Balaban J connectivity index is 2.48. The average molecular weight is 246 g/mol. The average Bonchev–Trinajstić information content (AvgIpc) is 2.72. The summed E-state index contributed by atoms with van der Waals surface area (Å²) in [6, 6.07) is 4.01. The van der Waals surface area contributed by atoms with Crippen molar-refractivity contribution in [2.24, 2.45) is 7.05 Å². The molecule has 0 amide bonds. The minimum absolute atomic E-state index is 0.0349. The van der Waals surface area contributed by atoms with Gasteiger partial charge in [-0.3, -0.25) is 9.67 Å². The van der Waals surface area contributed by atoms with Crippen LogP contribution in [0.4, 0.5) is 0 Å². The Morgan fingerprint density at radius 2 is 2.22 bits per heavy atom. The first-order valence-corrected chi connectivity index (χ1v) is 5.83. The SMILES string of the molecule is CNC(c1cc(C)ccn1)c1c(OC)cnn1C. The van der Waals surface area contributed by atoms with Crippen LogP contribution in [0, 0.1) is 6.92 Å². The Morgan fingerprint density at radius 1 is 1.44 bits per heavy atom. The molecule has 5 heteroatoms. The molecule has 18 heavy (non-hydrogen) atoms. The lowest BCUT2D eigenvalue weighted by molar-refractivity contribution is 0.402. The Kier molecular flexibility index (Phi) is 3.62. The molecular weight excluding hydrogens is 228 g/mol. The molecule has 1 N–H and O–H groups in total. The Morgan fingerprint density at radius 3 is 2.83 bits per heavy atom. The number of pyridine rings is 1. The lowest BCUT2D eigenvalue weighted by Crippen LogP contribution is -2.22. The quantitative estimate of drug-likeness (QED) is 0.887. The van der Waals surface area contributed by atoms with Gasteiger partial charge in [-0.2, -0.15) is 5.10 Å². The number of nitrogens with zero attached hydrogens (tertiary/aromatic N) is 3. The maximum atomic E-state index is 5.35. The van der Waals surface area contributed by atoms with Crippen LogP contribution in [0.15, 0.2) is 24.5 Å². The van der Waals surface area contributed by atoms with Crippen LogP contribution in [-0.2, 0) is 7.05 Å². The van der Waals surface area contributed by atoms with Crippen molar-refractivity contribution in [1.29, 1.82) is 0 Å². The zero-order valence-electron chi connectivity index (χ0n) is 11.1. The van der Waals surface area contributed by atoms with Gasteiger partial charge >= 0.3 is 0 Å². The highest BCUT2D eigenvalue weighted by Gasteiger charge is 2.22. The molecule has 2 heterocycles. The third-order valence-electron chi connectivity index (χ3n) is 2.96. The summed E-state index contributed by atoms with van der Waals surface area (Å²) in [7, 11) is 5.45. The first kappa shape index (κ1) is 12.6. The maximum Gasteiger partial charge on any atom is 0.161 e. The summed E-state index contributed by atoms with van der Waals surface area (Å²) in [5, 5.41) is 7.49. The van der Waals surface area contributed by atoms with Gasteiger partial charge in [0.1, 0.15) is 5.69 Å². The van der Waals surface area contributed by atoms with Gasteiger partial charge in [0.15, 0.2) is 5.75 Å². The van der Waals surface area contributed by atoms with Crippen LogP contribution in [0.1, 0.15) is 23.0 Å². The zero-order chi connectivity index (χ0) is 13.1. The molecule has 0 radical (unpaired) electrons. The van der Waals surface area contributed by atoms with Crippen LogP contribution in [0.5, 0.6) is 5.75 Å².